The van der Waals surface area contributed by atoms with Crippen LogP contribution in [0.2, 0.25) is 5.02 Å². The number of nitrogens with zero attached hydrogens (tertiary/aromatic N) is 1. The van der Waals surface area contributed by atoms with E-state index >= 15 is 0 Å². The number of likely N-dealkylation sites (tertiary alicyclic amines) is 1. The van der Waals surface area contributed by atoms with Crippen LogP contribution in [0, 0.1) is 24.7 Å². The van der Waals surface area contributed by atoms with Crippen molar-refractivity contribution in [2.45, 2.75) is 62.1 Å². The molecule has 3 saturated heterocycles. The van der Waals surface area contributed by atoms with Crippen LogP contribution in [-0.2, 0) is 14.4 Å². The molecule has 7 nitrogen and oxygen atoms in total. The maximum absolute atomic E-state index is 14.3. The number of hydrogen-bond acceptors (Lipinski definition) is 5. The van der Waals surface area contributed by atoms with Gasteiger partial charge in [-0.05, 0) is 56.4 Å². The lowest BCUT2D eigenvalue weighted by Crippen LogP contribution is -2.56. The molecule has 5 rings (SSSR count). The minimum Gasteiger partial charge on any atom is -0.394 e. The topological polar surface area (TPSA) is 98.7 Å². The van der Waals surface area contributed by atoms with Gasteiger partial charge < -0.3 is 20.6 Å². The van der Waals surface area contributed by atoms with E-state index in [1.54, 1.807) is 22.7 Å². The third kappa shape index (κ3) is 4.12. The second kappa shape index (κ2) is 9.88. The summed E-state index contributed by atoms with van der Waals surface area (Å²) in [6.07, 6.45) is 1.34. The molecule has 3 amide bonds. The molecule has 3 aliphatic heterocycles. The first kappa shape index (κ1) is 27.0. The van der Waals surface area contributed by atoms with Gasteiger partial charge in [-0.25, -0.2) is 0 Å². The number of aryl methyl sites for hydroxylation is 1. The summed E-state index contributed by atoms with van der Waals surface area (Å²) in [5.74, 6) is -2.16. The van der Waals surface area contributed by atoms with Crippen molar-refractivity contribution < 1.29 is 19.5 Å². The molecule has 2 unspecified atom stereocenters. The van der Waals surface area contributed by atoms with E-state index in [2.05, 4.69) is 10.6 Å². The minimum atomic E-state index is -0.850. The van der Waals surface area contributed by atoms with Crippen molar-refractivity contribution in [1.82, 2.24) is 4.90 Å². The Morgan fingerprint density at radius 1 is 1.11 bits per heavy atom. The monoisotopic (exact) mass is 555 g/mol. The molecule has 0 radical (unpaired) electrons. The van der Waals surface area contributed by atoms with Crippen LogP contribution in [0.1, 0.15) is 39.2 Å². The number of hydrogen-bond donors (Lipinski definition) is 3. The molecule has 0 saturated carbocycles. The van der Waals surface area contributed by atoms with Gasteiger partial charge in [0, 0.05) is 10.4 Å². The molecule has 3 heterocycles. The van der Waals surface area contributed by atoms with Crippen LogP contribution in [0.5, 0.6) is 0 Å². The van der Waals surface area contributed by atoms with E-state index in [0.29, 0.717) is 29.2 Å². The van der Waals surface area contributed by atoms with Gasteiger partial charge in [-0.15, -0.1) is 11.8 Å². The van der Waals surface area contributed by atoms with Crippen LogP contribution in [-0.4, -0.2) is 55.9 Å². The number of halogens is 1. The Morgan fingerprint density at radius 3 is 2.45 bits per heavy atom. The third-order valence-electron chi connectivity index (χ3n) is 8.57. The summed E-state index contributed by atoms with van der Waals surface area (Å²) in [6.45, 7) is 7.49. The summed E-state index contributed by atoms with van der Waals surface area (Å²) in [5.41, 5.74) is 2.00. The van der Waals surface area contributed by atoms with Gasteiger partial charge in [0.1, 0.15) is 6.04 Å². The number of carbonyl (C=O) groups excluding carboxylic acids is 3. The van der Waals surface area contributed by atoms with Crippen LogP contribution in [0.25, 0.3) is 0 Å². The number of thioether (sulfide) groups is 1. The molecule has 9 heteroatoms. The molecule has 2 bridgehead atoms. The van der Waals surface area contributed by atoms with Crippen molar-refractivity contribution in [3.63, 3.8) is 0 Å². The van der Waals surface area contributed by atoms with E-state index < -0.39 is 33.4 Å². The Balaban J connectivity index is 1.57. The Bertz CT molecular complexity index is 1250. The predicted octanol–water partition coefficient (Wildman–Crippen LogP) is 4.72. The zero-order valence-electron chi connectivity index (χ0n) is 22.0. The van der Waals surface area contributed by atoms with Gasteiger partial charge in [0.2, 0.25) is 17.7 Å². The largest absolute Gasteiger partial charge is 0.394 e. The molecule has 0 aromatic heterocycles. The van der Waals surface area contributed by atoms with Crippen molar-refractivity contribution in [3.05, 3.63) is 59.1 Å². The third-order valence-corrected chi connectivity index (χ3v) is 10.9. The summed E-state index contributed by atoms with van der Waals surface area (Å²) in [5, 5.41) is 16.8. The highest BCUT2D eigenvalue weighted by molar-refractivity contribution is 8.02. The van der Waals surface area contributed by atoms with Crippen LogP contribution < -0.4 is 10.6 Å². The van der Waals surface area contributed by atoms with Crippen LogP contribution in [0.15, 0.2) is 48.5 Å². The molecule has 1 spiro atoms. The number of fused-ring (bicyclic) bond motifs is 1. The van der Waals surface area contributed by atoms with E-state index in [1.807, 2.05) is 70.2 Å². The van der Waals surface area contributed by atoms with Crippen molar-refractivity contribution in [1.29, 1.82) is 0 Å². The number of aliphatic hydroxyl groups excluding tert-OH is 1. The average Bonchev–Trinajstić information content (AvgIpc) is 3.43. The number of para-hydroxylation sites is 2. The SMILES string of the molecule is Cc1cccc(Cl)c1NC(=O)C1N([C@@H](CO)C(C)C)C(=O)[C@@H]2[C@@H](C(=O)Nc3ccccc3)[C@@]3(C)CCC12S3. The van der Waals surface area contributed by atoms with Gasteiger partial charge in [0.25, 0.3) is 0 Å². The zero-order chi connectivity index (χ0) is 27.4. The summed E-state index contributed by atoms with van der Waals surface area (Å²) < 4.78 is -1.28. The van der Waals surface area contributed by atoms with E-state index in [0.717, 1.165) is 5.56 Å². The summed E-state index contributed by atoms with van der Waals surface area (Å²) in [7, 11) is 0. The summed E-state index contributed by atoms with van der Waals surface area (Å²) >= 11 is 8.05. The molecule has 2 aromatic rings. The molecular formula is C29H34ClN3O4S. The van der Waals surface area contributed by atoms with Gasteiger partial charge in [-0.3, -0.25) is 14.4 Å². The first-order valence-electron chi connectivity index (χ1n) is 13.1. The fourth-order valence-corrected chi connectivity index (χ4v) is 9.38. The van der Waals surface area contributed by atoms with Crippen molar-refractivity contribution in [3.8, 4) is 0 Å². The van der Waals surface area contributed by atoms with Crippen molar-refractivity contribution >= 4 is 52.5 Å². The van der Waals surface area contributed by atoms with E-state index in [4.69, 9.17) is 11.6 Å². The lowest BCUT2D eigenvalue weighted by Gasteiger charge is -2.38. The van der Waals surface area contributed by atoms with Crippen LogP contribution in [0.3, 0.4) is 0 Å². The number of rotatable bonds is 7. The first-order valence-corrected chi connectivity index (χ1v) is 14.3. The molecule has 6 atom stereocenters. The molecule has 3 aliphatic rings. The number of anilines is 2. The van der Waals surface area contributed by atoms with Crippen molar-refractivity contribution in [2.24, 2.45) is 17.8 Å². The lowest BCUT2D eigenvalue weighted by molar-refractivity contribution is -0.142. The number of amides is 3. The smallest absolute Gasteiger partial charge is 0.248 e. The molecule has 3 fully saturated rings. The van der Waals surface area contributed by atoms with Crippen LogP contribution >= 0.6 is 23.4 Å². The van der Waals surface area contributed by atoms with E-state index in [1.165, 1.54) is 0 Å². The zero-order valence-corrected chi connectivity index (χ0v) is 23.6. The molecule has 0 aliphatic carbocycles. The van der Waals surface area contributed by atoms with Gasteiger partial charge in [-0.1, -0.05) is 55.8 Å². The molecule has 38 heavy (non-hydrogen) atoms. The predicted molar refractivity (Wildman–Crippen MR) is 151 cm³/mol. The van der Waals surface area contributed by atoms with E-state index in [9.17, 15) is 19.5 Å². The van der Waals surface area contributed by atoms with Gasteiger partial charge in [0.05, 0.1) is 39.9 Å². The fraction of sp³-hybridized carbons (Fsp3) is 0.483. The normalized spacial score (nSPS) is 30.4. The Hall–Kier alpha value is -2.55. The average molecular weight is 556 g/mol. The van der Waals surface area contributed by atoms with Crippen molar-refractivity contribution in [2.75, 3.05) is 17.2 Å². The molecule has 3 N–H and O–H groups in total. The Morgan fingerprint density at radius 2 is 1.82 bits per heavy atom. The van der Waals surface area contributed by atoms with Gasteiger partial charge >= 0.3 is 0 Å². The number of nitrogens with one attached hydrogen (secondary N) is 2. The van der Waals surface area contributed by atoms with Crippen LogP contribution in [0.4, 0.5) is 11.4 Å². The minimum absolute atomic E-state index is 0.0918. The molecule has 2 aromatic carbocycles. The molecule has 202 valence electrons. The highest BCUT2D eigenvalue weighted by Gasteiger charge is 2.77. The highest BCUT2D eigenvalue weighted by Crippen LogP contribution is 2.71. The second-order valence-corrected chi connectivity index (χ2v) is 13.5. The van der Waals surface area contributed by atoms with Gasteiger partial charge in [0.15, 0.2) is 0 Å². The van der Waals surface area contributed by atoms with E-state index in [-0.39, 0.29) is 30.2 Å². The Kier molecular flexibility index (Phi) is 7.03. The lowest BCUT2D eigenvalue weighted by atomic mass is 9.66. The summed E-state index contributed by atoms with van der Waals surface area (Å²) in [6, 6.07) is 13.2. The standard InChI is InChI=1S/C29H34ClN3O4S/c1-16(2)20(15-34)33-24(26(36)32-23-17(3)9-8-12-19(23)30)29-14-13-28(4,38-29)21(22(29)27(33)37)25(35)31-18-10-6-5-7-11-18/h5-12,16,20-22,24,34H,13-15H2,1-4H3,(H,31,35)(H,32,36)/t20-,21-,22-,24?,28+,29?/m0/s1. The van der Waals surface area contributed by atoms with Gasteiger partial charge in [-0.2, -0.15) is 0 Å². The number of aliphatic hydroxyl groups is 1. The Labute approximate surface area is 232 Å². The highest BCUT2D eigenvalue weighted by atomic mass is 35.5. The fourth-order valence-electron chi connectivity index (χ4n) is 6.76. The summed E-state index contributed by atoms with van der Waals surface area (Å²) in [4.78, 5) is 43.8. The molecular weight excluding hydrogens is 522 g/mol. The maximum Gasteiger partial charge on any atom is 0.248 e. The first-order chi connectivity index (χ1) is 18.0. The second-order valence-electron chi connectivity index (χ2n) is 11.2. The number of carbonyl (C=O) groups is 3. The quantitative estimate of drug-likeness (QED) is 0.459. The number of benzene rings is 2. The maximum atomic E-state index is 14.3.